The van der Waals surface area contributed by atoms with E-state index >= 15 is 0 Å². The lowest BCUT2D eigenvalue weighted by molar-refractivity contribution is -0.141. The Bertz CT molecular complexity index is 1130. The van der Waals surface area contributed by atoms with Crippen molar-refractivity contribution in [2.75, 3.05) is 33.3 Å². The van der Waals surface area contributed by atoms with Crippen LogP contribution in [0.1, 0.15) is 28.0 Å². The highest BCUT2D eigenvalue weighted by molar-refractivity contribution is 7.99. The fourth-order valence-corrected chi connectivity index (χ4v) is 6.50. The van der Waals surface area contributed by atoms with E-state index in [1.807, 2.05) is 46.5 Å². The summed E-state index contributed by atoms with van der Waals surface area (Å²) in [5.41, 5.74) is 2.93. The molecule has 1 aromatic carbocycles. The fourth-order valence-electron chi connectivity index (χ4n) is 3.84. The molecule has 0 spiro atoms. The van der Waals surface area contributed by atoms with Crippen LogP contribution in [0.3, 0.4) is 0 Å². The average molecular weight is 547 g/mol. The van der Waals surface area contributed by atoms with E-state index in [1.54, 1.807) is 22.3 Å². The van der Waals surface area contributed by atoms with Gasteiger partial charge in [0.1, 0.15) is 18.2 Å². The van der Waals surface area contributed by atoms with Gasteiger partial charge in [0.2, 0.25) is 5.91 Å². The first kappa shape index (κ1) is 28.1. The van der Waals surface area contributed by atoms with Gasteiger partial charge >= 0.3 is 0 Å². The average Bonchev–Trinajstić information content (AvgIpc) is 3.19. The molecule has 0 radical (unpaired) electrons. The summed E-state index contributed by atoms with van der Waals surface area (Å²) in [7, 11) is 1.00. The molecule has 10 heteroatoms. The van der Waals surface area contributed by atoms with E-state index in [0.717, 1.165) is 58.7 Å². The molecule has 1 aromatic heterocycles. The zero-order valence-corrected chi connectivity index (χ0v) is 22.8. The van der Waals surface area contributed by atoms with Gasteiger partial charge in [0, 0.05) is 48.8 Å². The molecule has 4 rings (SSSR count). The largest absolute Gasteiger partial charge is 0.400 e. The van der Waals surface area contributed by atoms with Crippen molar-refractivity contribution in [3.05, 3.63) is 69.6 Å². The molecule has 1 atom stereocenters. The van der Waals surface area contributed by atoms with Crippen LogP contribution in [0.2, 0.25) is 0 Å². The molecule has 2 fully saturated rings. The van der Waals surface area contributed by atoms with Crippen molar-refractivity contribution in [1.29, 1.82) is 5.41 Å². The Morgan fingerprint density at radius 1 is 1.31 bits per heavy atom. The highest BCUT2D eigenvalue weighted by Gasteiger charge is 2.33. The number of nitrogens with one attached hydrogen (secondary N) is 1. The number of carbonyl (C=O) groups is 2. The molecular weight excluding hydrogens is 516 g/mol. The molecule has 0 bridgehead atoms. The Hall–Kier alpha value is -2.43. The maximum Gasteiger partial charge on any atom is 0.238 e. The third-order valence-electron chi connectivity index (χ3n) is 5.95. The monoisotopic (exact) mass is 546 g/mol. The number of hydrogen-bond donors (Lipinski definition) is 2. The van der Waals surface area contributed by atoms with Gasteiger partial charge in [0.25, 0.3) is 0 Å². The van der Waals surface area contributed by atoms with E-state index in [2.05, 4.69) is 12.6 Å². The summed E-state index contributed by atoms with van der Waals surface area (Å²) in [6, 6.07) is 9.29. The van der Waals surface area contributed by atoms with Gasteiger partial charge in [-0.1, -0.05) is 48.5 Å². The van der Waals surface area contributed by atoms with Gasteiger partial charge in [-0.05, 0) is 48.6 Å². The van der Waals surface area contributed by atoms with Gasteiger partial charge in [0.05, 0.1) is 10.8 Å². The number of aliphatic hydroxyl groups is 1. The van der Waals surface area contributed by atoms with Crippen molar-refractivity contribution in [3.8, 4) is 0 Å². The Morgan fingerprint density at radius 2 is 2.00 bits per heavy atom. The number of aldehydes is 1. The van der Waals surface area contributed by atoms with Crippen molar-refractivity contribution in [2.45, 2.75) is 30.1 Å². The molecule has 2 saturated heterocycles. The van der Waals surface area contributed by atoms with Crippen LogP contribution in [-0.4, -0.2) is 76.6 Å². The van der Waals surface area contributed by atoms with Crippen molar-refractivity contribution in [1.82, 2.24) is 14.1 Å². The lowest BCUT2D eigenvalue weighted by atomic mass is 10.1. The summed E-state index contributed by atoms with van der Waals surface area (Å²) >= 11 is 9.19. The molecule has 2 aromatic rings. The maximum atomic E-state index is 13.0. The first-order valence-electron chi connectivity index (χ1n) is 11.5. The van der Waals surface area contributed by atoms with E-state index in [0.29, 0.717) is 24.0 Å². The molecular formula is C26H31ClN4O3S2. The zero-order chi connectivity index (χ0) is 26.2. The summed E-state index contributed by atoms with van der Waals surface area (Å²) in [5.74, 6) is 0.468. The summed E-state index contributed by atoms with van der Waals surface area (Å²) in [6.07, 6.45) is 5.47. The number of benzene rings is 1. The number of aliphatic hydroxyl groups excluding tert-OH is 1. The summed E-state index contributed by atoms with van der Waals surface area (Å²) < 4.78 is 2.99. The molecule has 0 saturated carbocycles. The number of thiophene rings is 1. The molecule has 1 unspecified atom stereocenters. The molecule has 0 aliphatic carbocycles. The third-order valence-corrected chi connectivity index (χ3v) is 8.50. The molecule has 2 aliphatic heterocycles. The molecule has 2 N–H and O–H groups in total. The molecule has 192 valence electrons. The second-order valence-electron chi connectivity index (χ2n) is 8.37. The number of amidine groups is 1. The van der Waals surface area contributed by atoms with Gasteiger partial charge in [-0.25, -0.2) is 4.31 Å². The highest BCUT2D eigenvalue weighted by atomic mass is 35.5. The Balaban J connectivity index is 0.00000176. The normalized spacial score (nSPS) is 18.3. The van der Waals surface area contributed by atoms with E-state index in [-0.39, 0.29) is 12.5 Å². The van der Waals surface area contributed by atoms with Crippen molar-refractivity contribution >= 4 is 59.0 Å². The summed E-state index contributed by atoms with van der Waals surface area (Å²) in [4.78, 5) is 29.6. The van der Waals surface area contributed by atoms with Gasteiger partial charge in [-0.3, -0.25) is 10.2 Å². The van der Waals surface area contributed by atoms with Crippen LogP contribution in [-0.2, 0) is 16.1 Å². The van der Waals surface area contributed by atoms with Crippen molar-refractivity contribution in [3.63, 3.8) is 0 Å². The SMILES string of the molecule is C=C/C(Cl)=C\c1sc(SN2CC(=O)N(Cc3ccc(C(=N)N4CCC4)cc3)C(C=O)C2)cc1C.CO. The second kappa shape index (κ2) is 13.2. The third kappa shape index (κ3) is 6.86. The van der Waals surface area contributed by atoms with Crippen LogP contribution < -0.4 is 0 Å². The molecule has 1 amide bonds. The maximum absolute atomic E-state index is 13.0. The van der Waals surface area contributed by atoms with Crippen LogP contribution in [0.4, 0.5) is 0 Å². The minimum absolute atomic E-state index is 0.0728. The van der Waals surface area contributed by atoms with Crippen LogP contribution >= 0.6 is 34.9 Å². The summed E-state index contributed by atoms with van der Waals surface area (Å²) in [6.45, 7) is 8.65. The van der Waals surface area contributed by atoms with Crippen molar-refractivity contribution in [2.24, 2.45) is 0 Å². The minimum atomic E-state index is -0.511. The van der Waals surface area contributed by atoms with E-state index in [4.69, 9.17) is 22.1 Å². The van der Waals surface area contributed by atoms with Crippen LogP contribution in [0.5, 0.6) is 0 Å². The predicted molar refractivity (Wildman–Crippen MR) is 149 cm³/mol. The smallest absolute Gasteiger partial charge is 0.238 e. The number of likely N-dealkylation sites (tertiary alicyclic amines) is 1. The fraction of sp³-hybridized carbons (Fsp3) is 0.346. The molecule has 36 heavy (non-hydrogen) atoms. The second-order valence-corrected chi connectivity index (χ2v) is 11.3. The molecule has 7 nitrogen and oxygen atoms in total. The number of rotatable bonds is 8. The van der Waals surface area contributed by atoms with Crippen LogP contribution in [0.25, 0.3) is 6.08 Å². The molecule has 3 heterocycles. The lowest BCUT2D eigenvalue weighted by Gasteiger charge is -2.37. The van der Waals surface area contributed by atoms with E-state index < -0.39 is 6.04 Å². The van der Waals surface area contributed by atoms with Crippen LogP contribution in [0, 0.1) is 12.3 Å². The number of halogens is 1. The zero-order valence-electron chi connectivity index (χ0n) is 20.4. The van der Waals surface area contributed by atoms with Gasteiger partial charge < -0.3 is 19.7 Å². The number of hydrogen-bond acceptors (Lipinski definition) is 7. The minimum Gasteiger partial charge on any atom is -0.400 e. The number of piperazine rings is 1. The predicted octanol–water partition coefficient (Wildman–Crippen LogP) is 4.38. The molecule has 2 aliphatic rings. The Kier molecular flexibility index (Phi) is 10.3. The standard InChI is InChI=1S/C25H27ClN4O2S2.CH4O/c1-3-20(26)12-22-17(2)11-24(33-22)34-29-14-21(16-31)30(23(32)15-29)13-18-5-7-19(8-6-18)25(27)28-9-4-10-28;1-2/h3,5-8,11-12,16,21,27H,1,4,9-10,13-15H2,2H3;2H,1H3/b20-12+,27-25?;. The lowest BCUT2D eigenvalue weighted by Crippen LogP contribution is -2.54. The highest BCUT2D eigenvalue weighted by Crippen LogP contribution is 2.35. The quantitative estimate of drug-likeness (QED) is 0.168. The first-order valence-corrected chi connectivity index (χ1v) is 13.5. The topological polar surface area (TPSA) is 87.9 Å². The number of nitrogens with zero attached hydrogens (tertiary/aromatic N) is 3. The Morgan fingerprint density at radius 3 is 2.58 bits per heavy atom. The summed E-state index contributed by atoms with van der Waals surface area (Å²) in [5, 5.41) is 15.9. The first-order chi connectivity index (χ1) is 17.4. The Labute approximate surface area is 225 Å². The van der Waals surface area contributed by atoms with E-state index in [1.165, 1.54) is 11.9 Å². The van der Waals surface area contributed by atoms with Crippen molar-refractivity contribution < 1.29 is 14.7 Å². The van der Waals surface area contributed by atoms with E-state index in [9.17, 15) is 9.59 Å². The number of amides is 1. The number of allylic oxidation sites excluding steroid dienone is 2. The van der Waals surface area contributed by atoms with Gasteiger partial charge in [0.15, 0.2) is 0 Å². The van der Waals surface area contributed by atoms with Gasteiger partial charge in [-0.15, -0.1) is 11.3 Å². The number of aryl methyl sites for hydroxylation is 1. The van der Waals surface area contributed by atoms with Gasteiger partial charge in [-0.2, -0.15) is 0 Å². The number of carbonyl (C=O) groups excluding carboxylic acids is 2. The van der Waals surface area contributed by atoms with Crippen LogP contribution in [0.15, 0.2) is 52.2 Å².